The average molecular weight is 361 g/mol. The number of hydrogen-bond acceptors (Lipinski definition) is 2. The number of aromatic nitrogens is 2. The van der Waals surface area contributed by atoms with E-state index in [4.69, 9.17) is 0 Å². The smallest absolute Gasteiger partial charge is 0.251 e. The maximum Gasteiger partial charge on any atom is 0.251 e. The van der Waals surface area contributed by atoms with Gasteiger partial charge >= 0.3 is 0 Å². The van der Waals surface area contributed by atoms with Crippen LogP contribution in [0.25, 0.3) is 5.69 Å². The highest BCUT2D eigenvalue weighted by atomic mass is 16.1. The zero-order valence-corrected chi connectivity index (χ0v) is 16.3. The molecular weight excluding hydrogens is 334 g/mol. The maximum atomic E-state index is 12.4. The first-order valence-corrected chi connectivity index (χ1v) is 9.57. The van der Waals surface area contributed by atoms with E-state index in [0.29, 0.717) is 12.1 Å². The molecule has 0 saturated carbocycles. The molecule has 1 amide bonds. The summed E-state index contributed by atoms with van der Waals surface area (Å²) in [4.78, 5) is 12.4. The van der Waals surface area contributed by atoms with Gasteiger partial charge in [-0.1, -0.05) is 43.7 Å². The molecule has 1 heterocycles. The van der Waals surface area contributed by atoms with Crippen LogP contribution in [-0.4, -0.2) is 22.2 Å². The second-order valence-corrected chi connectivity index (χ2v) is 6.85. The summed E-state index contributed by atoms with van der Waals surface area (Å²) in [5.74, 6) is -0.0440. The van der Waals surface area contributed by atoms with Crippen LogP contribution in [0, 0.1) is 13.8 Å². The van der Waals surface area contributed by atoms with Crippen LogP contribution in [0.15, 0.2) is 54.6 Å². The molecule has 0 atom stereocenters. The van der Waals surface area contributed by atoms with Crippen molar-refractivity contribution in [1.82, 2.24) is 15.1 Å². The van der Waals surface area contributed by atoms with E-state index in [1.54, 1.807) is 0 Å². The Morgan fingerprint density at radius 1 is 1.00 bits per heavy atom. The van der Waals surface area contributed by atoms with Crippen molar-refractivity contribution in [2.45, 2.75) is 40.0 Å². The molecule has 1 N–H and O–H groups in total. The predicted molar refractivity (Wildman–Crippen MR) is 110 cm³/mol. The minimum absolute atomic E-state index is 0.0440. The lowest BCUT2D eigenvalue weighted by Crippen LogP contribution is -2.25. The average Bonchev–Trinajstić information content (AvgIpc) is 2.97. The van der Waals surface area contributed by atoms with Gasteiger partial charge in [-0.15, -0.1) is 0 Å². The molecule has 0 fully saturated rings. The number of nitrogens with zero attached hydrogens (tertiary/aromatic N) is 2. The summed E-state index contributed by atoms with van der Waals surface area (Å²) in [6, 6.07) is 17.8. The van der Waals surface area contributed by atoms with Gasteiger partial charge in [0.25, 0.3) is 5.91 Å². The molecule has 3 rings (SSSR count). The predicted octanol–water partition coefficient (Wildman–Crippen LogP) is 4.41. The number of aryl methyl sites for hydroxylation is 1. The zero-order chi connectivity index (χ0) is 19.2. The third-order valence-electron chi connectivity index (χ3n) is 4.86. The van der Waals surface area contributed by atoms with Crippen LogP contribution in [0.1, 0.15) is 46.2 Å². The minimum atomic E-state index is -0.0440. The molecule has 0 spiro atoms. The number of hydrogen-bond donors (Lipinski definition) is 1. The van der Waals surface area contributed by atoms with E-state index in [-0.39, 0.29) is 5.91 Å². The summed E-state index contributed by atoms with van der Waals surface area (Å²) in [6.45, 7) is 6.97. The first-order chi connectivity index (χ1) is 13.1. The summed E-state index contributed by atoms with van der Waals surface area (Å²) < 4.78 is 1.97. The van der Waals surface area contributed by atoms with E-state index >= 15 is 0 Å². The van der Waals surface area contributed by atoms with Gasteiger partial charge in [0.1, 0.15) is 0 Å². The van der Waals surface area contributed by atoms with Gasteiger partial charge in [-0.2, -0.15) is 5.10 Å². The van der Waals surface area contributed by atoms with Gasteiger partial charge < -0.3 is 5.32 Å². The molecule has 0 aliphatic heterocycles. The Kier molecular flexibility index (Phi) is 6.07. The summed E-state index contributed by atoms with van der Waals surface area (Å²) in [6.07, 6.45) is 2.98. The summed E-state index contributed by atoms with van der Waals surface area (Å²) in [5, 5.41) is 7.66. The van der Waals surface area contributed by atoms with E-state index in [0.717, 1.165) is 30.6 Å². The molecule has 2 aromatic carbocycles. The lowest BCUT2D eigenvalue weighted by atomic mass is 10.1. The van der Waals surface area contributed by atoms with Crippen molar-refractivity contribution in [2.75, 3.05) is 6.54 Å². The number of carbonyl (C=O) groups excluding carboxylic acids is 1. The Bertz CT molecular complexity index is 895. The van der Waals surface area contributed by atoms with Gasteiger partial charge in [0.2, 0.25) is 0 Å². The highest BCUT2D eigenvalue weighted by Crippen LogP contribution is 2.19. The summed E-state index contributed by atoms with van der Waals surface area (Å²) >= 11 is 0. The second kappa shape index (κ2) is 8.67. The van der Waals surface area contributed by atoms with Crippen LogP contribution >= 0.6 is 0 Å². The van der Waals surface area contributed by atoms with Crippen molar-refractivity contribution < 1.29 is 4.79 Å². The molecule has 0 radical (unpaired) electrons. The minimum Gasteiger partial charge on any atom is -0.352 e. The second-order valence-electron chi connectivity index (χ2n) is 6.85. The Morgan fingerprint density at radius 2 is 1.70 bits per heavy atom. The molecule has 0 aliphatic carbocycles. The summed E-state index contributed by atoms with van der Waals surface area (Å²) in [7, 11) is 0. The van der Waals surface area contributed by atoms with Crippen molar-refractivity contribution in [1.29, 1.82) is 0 Å². The molecule has 0 bridgehead atoms. The van der Waals surface area contributed by atoms with E-state index in [1.165, 1.54) is 16.8 Å². The monoisotopic (exact) mass is 361 g/mol. The van der Waals surface area contributed by atoms with Crippen LogP contribution in [0.3, 0.4) is 0 Å². The van der Waals surface area contributed by atoms with Crippen molar-refractivity contribution in [2.24, 2.45) is 0 Å². The van der Waals surface area contributed by atoms with Gasteiger partial charge in [0, 0.05) is 17.8 Å². The molecule has 0 saturated heterocycles. The normalized spacial score (nSPS) is 10.8. The van der Waals surface area contributed by atoms with E-state index < -0.39 is 0 Å². The Hall–Kier alpha value is -2.88. The standard InChI is InChI=1S/C23H27N3O/c1-4-8-22-17(2)25-26(18(22)3)21-13-11-20(12-14-21)23(27)24-16-15-19-9-6-5-7-10-19/h5-7,9-14H,4,8,15-16H2,1-3H3,(H,24,27). The van der Waals surface area contributed by atoms with Crippen molar-refractivity contribution >= 4 is 5.91 Å². The fraction of sp³-hybridized carbons (Fsp3) is 0.304. The zero-order valence-electron chi connectivity index (χ0n) is 16.3. The van der Waals surface area contributed by atoms with Crippen LogP contribution in [0.2, 0.25) is 0 Å². The van der Waals surface area contributed by atoms with Gasteiger partial charge in [0.15, 0.2) is 0 Å². The lowest BCUT2D eigenvalue weighted by Gasteiger charge is -2.08. The molecular formula is C23H27N3O. The Labute approximate surface area is 161 Å². The van der Waals surface area contributed by atoms with Crippen LogP contribution in [-0.2, 0) is 12.8 Å². The third-order valence-corrected chi connectivity index (χ3v) is 4.86. The third kappa shape index (κ3) is 4.45. The fourth-order valence-corrected chi connectivity index (χ4v) is 3.36. The molecule has 0 unspecified atom stereocenters. The van der Waals surface area contributed by atoms with Crippen LogP contribution in [0.5, 0.6) is 0 Å². The quantitative estimate of drug-likeness (QED) is 0.677. The molecule has 4 heteroatoms. The van der Waals surface area contributed by atoms with Gasteiger partial charge in [-0.3, -0.25) is 4.79 Å². The molecule has 27 heavy (non-hydrogen) atoms. The van der Waals surface area contributed by atoms with Crippen LogP contribution < -0.4 is 5.32 Å². The largest absolute Gasteiger partial charge is 0.352 e. The molecule has 1 aromatic heterocycles. The topological polar surface area (TPSA) is 46.9 Å². The highest BCUT2D eigenvalue weighted by Gasteiger charge is 2.12. The highest BCUT2D eigenvalue weighted by molar-refractivity contribution is 5.94. The number of rotatable bonds is 7. The summed E-state index contributed by atoms with van der Waals surface area (Å²) in [5.41, 5.74) is 6.45. The fourth-order valence-electron chi connectivity index (χ4n) is 3.36. The lowest BCUT2D eigenvalue weighted by molar-refractivity contribution is 0.0954. The SMILES string of the molecule is CCCc1c(C)nn(-c2ccc(C(=O)NCCc3ccccc3)cc2)c1C. The van der Waals surface area contributed by atoms with Crippen LogP contribution in [0.4, 0.5) is 0 Å². The first-order valence-electron chi connectivity index (χ1n) is 9.57. The first kappa shape index (κ1) is 18.9. The van der Waals surface area contributed by atoms with E-state index in [1.807, 2.05) is 47.1 Å². The van der Waals surface area contributed by atoms with Gasteiger partial charge in [-0.05, 0) is 62.1 Å². The molecule has 0 aliphatic rings. The van der Waals surface area contributed by atoms with Crippen molar-refractivity contribution in [3.05, 3.63) is 82.7 Å². The van der Waals surface area contributed by atoms with Crippen molar-refractivity contribution in [3.8, 4) is 5.69 Å². The van der Waals surface area contributed by atoms with E-state index in [9.17, 15) is 4.79 Å². The number of benzene rings is 2. The molecule has 3 aromatic rings. The van der Waals surface area contributed by atoms with Gasteiger partial charge in [-0.25, -0.2) is 4.68 Å². The molecule has 140 valence electrons. The number of carbonyl (C=O) groups is 1. The van der Waals surface area contributed by atoms with E-state index in [2.05, 4.69) is 43.3 Å². The Balaban J connectivity index is 1.65. The number of nitrogens with one attached hydrogen (secondary N) is 1. The number of amides is 1. The van der Waals surface area contributed by atoms with Gasteiger partial charge in [0.05, 0.1) is 11.4 Å². The maximum absolute atomic E-state index is 12.4. The Morgan fingerprint density at radius 3 is 2.37 bits per heavy atom. The molecule has 4 nitrogen and oxygen atoms in total. The van der Waals surface area contributed by atoms with Crippen molar-refractivity contribution in [3.63, 3.8) is 0 Å².